The zero-order valence-electron chi connectivity index (χ0n) is 12.2. The van der Waals surface area contributed by atoms with Gasteiger partial charge in [0.2, 0.25) is 5.91 Å². The molecule has 18 heavy (non-hydrogen) atoms. The molecule has 2 atom stereocenters. The fraction of sp³-hybridized carbons (Fsp3) is 0.929. The Hall–Kier alpha value is -0.610. The van der Waals surface area contributed by atoms with Gasteiger partial charge in [0.15, 0.2) is 0 Å². The maximum absolute atomic E-state index is 12.1. The molecule has 4 heteroatoms. The number of nitrogens with zero attached hydrogens (tertiary/aromatic N) is 1. The van der Waals surface area contributed by atoms with Crippen molar-refractivity contribution in [1.29, 1.82) is 0 Å². The minimum atomic E-state index is -0.651. The van der Waals surface area contributed by atoms with Gasteiger partial charge in [-0.1, -0.05) is 13.8 Å². The number of carbonyl (C=O) groups is 1. The van der Waals surface area contributed by atoms with E-state index in [2.05, 4.69) is 24.1 Å². The van der Waals surface area contributed by atoms with Crippen LogP contribution in [0.5, 0.6) is 0 Å². The molecule has 1 fully saturated rings. The highest BCUT2D eigenvalue weighted by molar-refractivity contribution is 5.81. The molecule has 1 amide bonds. The van der Waals surface area contributed by atoms with Crippen LogP contribution in [0.1, 0.15) is 53.4 Å². The zero-order valence-corrected chi connectivity index (χ0v) is 12.2. The summed E-state index contributed by atoms with van der Waals surface area (Å²) in [4.78, 5) is 14.2. The minimum Gasteiger partial charge on any atom is -0.389 e. The molecular weight excluding hydrogens is 228 g/mol. The molecule has 2 N–H and O–H groups in total. The molecule has 0 bridgehead atoms. The Morgan fingerprint density at radius 3 is 2.56 bits per heavy atom. The van der Waals surface area contributed by atoms with Crippen molar-refractivity contribution in [3.8, 4) is 0 Å². The average molecular weight is 256 g/mol. The van der Waals surface area contributed by atoms with E-state index < -0.39 is 5.60 Å². The second-order valence-corrected chi connectivity index (χ2v) is 5.77. The Morgan fingerprint density at radius 1 is 1.44 bits per heavy atom. The van der Waals surface area contributed by atoms with Gasteiger partial charge in [-0.2, -0.15) is 0 Å². The van der Waals surface area contributed by atoms with Gasteiger partial charge in [0.1, 0.15) is 0 Å². The van der Waals surface area contributed by atoms with Crippen LogP contribution in [0.2, 0.25) is 0 Å². The summed E-state index contributed by atoms with van der Waals surface area (Å²) < 4.78 is 0. The quantitative estimate of drug-likeness (QED) is 0.784. The Bertz CT molecular complexity index is 275. The van der Waals surface area contributed by atoms with Crippen molar-refractivity contribution in [2.24, 2.45) is 0 Å². The molecule has 1 aliphatic heterocycles. The number of amides is 1. The summed E-state index contributed by atoms with van der Waals surface area (Å²) >= 11 is 0. The summed E-state index contributed by atoms with van der Waals surface area (Å²) in [5.74, 6) is 0.0846. The van der Waals surface area contributed by atoms with Crippen molar-refractivity contribution in [3.05, 3.63) is 0 Å². The van der Waals surface area contributed by atoms with Crippen molar-refractivity contribution in [3.63, 3.8) is 0 Å². The van der Waals surface area contributed by atoms with Crippen molar-refractivity contribution < 1.29 is 9.90 Å². The summed E-state index contributed by atoms with van der Waals surface area (Å²) in [6, 6.07) is 0.114. The molecule has 0 aliphatic carbocycles. The van der Waals surface area contributed by atoms with E-state index in [4.69, 9.17) is 0 Å². The zero-order chi connectivity index (χ0) is 13.8. The van der Waals surface area contributed by atoms with Gasteiger partial charge in [0.25, 0.3) is 0 Å². The number of hydrogen-bond donors (Lipinski definition) is 2. The van der Waals surface area contributed by atoms with Crippen LogP contribution in [0.3, 0.4) is 0 Å². The van der Waals surface area contributed by atoms with Crippen molar-refractivity contribution in [1.82, 2.24) is 10.2 Å². The second-order valence-electron chi connectivity index (χ2n) is 5.77. The standard InChI is InChI=1S/C14H28N2O2/c1-5-12(6-2)15-13(17)11(3)16-9-7-8-14(4,18)10-16/h11-12,18H,5-10H2,1-4H3,(H,15,17). The fourth-order valence-electron chi connectivity index (χ4n) is 2.57. The lowest BCUT2D eigenvalue weighted by Gasteiger charge is -2.39. The second kappa shape index (κ2) is 6.53. The molecule has 0 aromatic carbocycles. The molecule has 1 rings (SSSR count). The number of hydrogen-bond acceptors (Lipinski definition) is 3. The van der Waals surface area contributed by atoms with Crippen molar-refractivity contribution in [2.75, 3.05) is 13.1 Å². The van der Waals surface area contributed by atoms with Gasteiger partial charge in [-0.3, -0.25) is 9.69 Å². The molecule has 2 unspecified atom stereocenters. The normalized spacial score (nSPS) is 27.2. The van der Waals surface area contributed by atoms with Crippen LogP contribution in [-0.4, -0.2) is 46.7 Å². The van der Waals surface area contributed by atoms with Crippen LogP contribution in [-0.2, 0) is 4.79 Å². The number of rotatable bonds is 5. The van der Waals surface area contributed by atoms with E-state index in [-0.39, 0.29) is 18.0 Å². The van der Waals surface area contributed by atoms with Gasteiger partial charge in [0, 0.05) is 12.6 Å². The van der Waals surface area contributed by atoms with E-state index >= 15 is 0 Å². The Kier molecular flexibility index (Phi) is 5.60. The number of aliphatic hydroxyl groups is 1. The first-order valence-electron chi connectivity index (χ1n) is 7.16. The molecule has 0 radical (unpaired) electrons. The highest BCUT2D eigenvalue weighted by Gasteiger charge is 2.33. The van der Waals surface area contributed by atoms with Gasteiger partial charge in [-0.25, -0.2) is 0 Å². The number of likely N-dealkylation sites (tertiary alicyclic amines) is 1. The summed E-state index contributed by atoms with van der Waals surface area (Å²) in [6.07, 6.45) is 3.71. The molecule has 4 nitrogen and oxygen atoms in total. The number of β-amino-alcohol motifs (C(OH)–C–C–N with tert-alkyl or cyclic N) is 1. The first-order chi connectivity index (χ1) is 8.39. The molecule has 0 aromatic rings. The highest BCUT2D eigenvalue weighted by atomic mass is 16.3. The van der Waals surface area contributed by atoms with E-state index in [9.17, 15) is 9.90 Å². The molecule has 0 spiro atoms. The first kappa shape index (κ1) is 15.4. The fourth-order valence-corrected chi connectivity index (χ4v) is 2.57. The average Bonchev–Trinajstić information content (AvgIpc) is 2.33. The Balaban J connectivity index is 2.52. The Morgan fingerprint density at radius 2 is 2.06 bits per heavy atom. The minimum absolute atomic E-state index is 0.0846. The van der Waals surface area contributed by atoms with Crippen LogP contribution in [0.4, 0.5) is 0 Å². The third-order valence-corrected chi connectivity index (χ3v) is 3.96. The predicted molar refractivity (Wildman–Crippen MR) is 73.4 cm³/mol. The molecule has 0 aromatic heterocycles. The van der Waals surface area contributed by atoms with E-state index in [0.717, 1.165) is 32.2 Å². The third kappa shape index (κ3) is 4.25. The van der Waals surface area contributed by atoms with E-state index in [1.54, 1.807) is 0 Å². The lowest BCUT2D eigenvalue weighted by molar-refractivity contribution is -0.129. The predicted octanol–water partition coefficient (Wildman–Crippen LogP) is 1.53. The molecule has 1 aliphatic rings. The van der Waals surface area contributed by atoms with E-state index in [0.29, 0.717) is 6.54 Å². The van der Waals surface area contributed by atoms with Crippen LogP contribution in [0.15, 0.2) is 0 Å². The largest absolute Gasteiger partial charge is 0.389 e. The lowest BCUT2D eigenvalue weighted by atomic mass is 9.94. The maximum atomic E-state index is 12.1. The smallest absolute Gasteiger partial charge is 0.237 e. The molecular formula is C14H28N2O2. The lowest BCUT2D eigenvalue weighted by Crippen LogP contribution is -2.55. The van der Waals surface area contributed by atoms with Gasteiger partial charge >= 0.3 is 0 Å². The molecule has 106 valence electrons. The number of carbonyl (C=O) groups excluding carboxylic acids is 1. The summed E-state index contributed by atoms with van der Waals surface area (Å²) in [6.45, 7) is 9.44. The van der Waals surface area contributed by atoms with Crippen LogP contribution >= 0.6 is 0 Å². The van der Waals surface area contributed by atoms with Gasteiger partial charge in [-0.15, -0.1) is 0 Å². The monoisotopic (exact) mass is 256 g/mol. The van der Waals surface area contributed by atoms with Gasteiger partial charge < -0.3 is 10.4 Å². The van der Waals surface area contributed by atoms with Crippen LogP contribution < -0.4 is 5.32 Å². The SMILES string of the molecule is CCC(CC)NC(=O)C(C)N1CCCC(C)(O)C1. The molecule has 1 heterocycles. The maximum Gasteiger partial charge on any atom is 0.237 e. The summed E-state index contributed by atoms with van der Waals surface area (Å²) in [7, 11) is 0. The summed E-state index contributed by atoms with van der Waals surface area (Å²) in [5, 5.41) is 13.2. The first-order valence-corrected chi connectivity index (χ1v) is 7.16. The third-order valence-electron chi connectivity index (χ3n) is 3.96. The van der Waals surface area contributed by atoms with Gasteiger partial charge in [0.05, 0.1) is 11.6 Å². The summed E-state index contributed by atoms with van der Waals surface area (Å²) in [5.41, 5.74) is -0.651. The number of nitrogens with one attached hydrogen (secondary N) is 1. The highest BCUT2D eigenvalue weighted by Crippen LogP contribution is 2.21. The van der Waals surface area contributed by atoms with Crippen LogP contribution in [0, 0.1) is 0 Å². The molecule has 0 saturated carbocycles. The van der Waals surface area contributed by atoms with E-state index in [1.165, 1.54) is 0 Å². The van der Waals surface area contributed by atoms with Crippen molar-refractivity contribution >= 4 is 5.91 Å². The van der Waals surface area contributed by atoms with Crippen LogP contribution in [0.25, 0.3) is 0 Å². The topological polar surface area (TPSA) is 52.6 Å². The molecule has 1 saturated heterocycles. The van der Waals surface area contributed by atoms with Gasteiger partial charge in [-0.05, 0) is 46.1 Å². The van der Waals surface area contributed by atoms with Crippen molar-refractivity contribution in [2.45, 2.75) is 71.1 Å². The number of piperidine rings is 1. The Labute approximate surface area is 111 Å². The van der Waals surface area contributed by atoms with E-state index in [1.807, 2.05) is 13.8 Å².